The van der Waals surface area contributed by atoms with E-state index in [2.05, 4.69) is 29.3 Å². The Morgan fingerprint density at radius 3 is 2.46 bits per heavy atom. The molecule has 7 heteroatoms. The summed E-state index contributed by atoms with van der Waals surface area (Å²) in [5.74, 6) is 1.66. The molecule has 0 radical (unpaired) electrons. The van der Waals surface area contributed by atoms with Crippen LogP contribution in [0.15, 0.2) is 41.3 Å². The molecule has 0 aromatic heterocycles. The summed E-state index contributed by atoms with van der Waals surface area (Å²) in [6.07, 6.45) is 0. The Hall–Kier alpha value is -2.54. The number of rotatable bonds is 7. The number of ether oxygens (including phenoxy) is 3. The average Bonchev–Trinajstić information content (AvgIpc) is 2.71. The number of hydrogen-bond acceptors (Lipinski definition) is 6. The zero-order chi connectivity index (χ0) is 20.1. The van der Waals surface area contributed by atoms with Crippen LogP contribution in [0, 0.1) is 0 Å². The van der Waals surface area contributed by atoms with Crippen LogP contribution in [-0.4, -0.2) is 45.6 Å². The first-order valence-electron chi connectivity index (χ1n) is 9.12. The lowest BCUT2D eigenvalue weighted by molar-refractivity contribution is -0.119. The predicted molar refractivity (Wildman–Crippen MR) is 112 cm³/mol. The lowest BCUT2D eigenvalue weighted by atomic mass is 10.1. The van der Waals surface area contributed by atoms with Gasteiger partial charge in [-0.05, 0) is 29.8 Å². The highest BCUT2D eigenvalue weighted by Crippen LogP contribution is 2.39. The Labute approximate surface area is 170 Å². The molecule has 1 atom stereocenters. The van der Waals surface area contributed by atoms with E-state index in [1.807, 2.05) is 36.0 Å². The molecule has 0 unspecified atom stereocenters. The fraction of sp³-hybridized carbons (Fsp3) is 0.381. The second-order valence-electron chi connectivity index (χ2n) is 6.59. The smallest absolute Gasteiger partial charge is 0.239 e. The maximum atomic E-state index is 12.6. The molecular weight excluding hydrogens is 376 g/mol. The molecule has 1 aliphatic heterocycles. The van der Waals surface area contributed by atoms with E-state index in [0.29, 0.717) is 35.6 Å². The van der Waals surface area contributed by atoms with E-state index >= 15 is 0 Å². The van der Waals surface area contributed by atoms with Crippen molar-refractivity contribution in [2.75, 3.05) is 39.3 Å². The second kappa shape index (κ2) is 9.10. The van der Waals surface area contributed by atoms with Gasteiger partial charge in [-0.2, -0.15) is 0 Å². The quantitative estimate of drug-likeness (QED) is 0.767. The van der Waals surface area contributed by atoms with Gasteiger partial charge in [0.1, 0.15) is 0 Å². The minimum absolute atomic E-state index is 0.0253. The van der Waals surface area contributed by atoms with E-state index in [1.54, 1.807) is 21.3 Å². The van der Waals surface area contributed by atoms with E-state index < -0.39 is 0 Å². The number of methoxy groups -OCH3 is 3. The molecular formula is C21H26N2O4S. The summed E-state index contributed by atoms with van der Waals surface area (Å²) in [5, 5.41) is 3.44. The van der Waals surface area contributed by atoms with Crippen LogP contribution in [0.5, 0.6) is 17.2 Å². The molecule has 0 spiro atoms. The Morgan fingerprint density at radius 2 is 1.82 bits per heavy atom. The fourth-order valence-corrected chi connectivity index (χ4v) is 4.46. The lowest BCUT2D eigenvalue weighted by Gasteiger charge is -2.33. The zero-order valence-electron chi connectivity index (χ0n) is 16.7. The van der Waals surface area contributed by atoms with Crippen molar-refractivity contribution in [1.82, 2.24) is 5.32 Å². The first-order valence-corrected chi connectivity index (χ1v) is 10.00. The number of para-hydroxylation sites is 1. The number of nitrogens with zero attached hydrogens (tertiary/aromatic N) is 1. The van der Waals surface area contributed by atoms with Crippen LogP contribution in [0.1, 0.15) is 12.5 Å². The molecule has 2 aromatic carbocycles. The molecule has 150 valence electrons. The summed E-state index contributed by atoms with van der Waals surface area (Å²) in [7, 11) is 4.72. The van der Waals surface area contributed by atoms with Crippen molar-refractivity contribution in [3.05, 3.63) is 42.0 Å². The van der Waals surface area contributed by atoms with Crippen molar-refractivity contribution in [2.45, 2.75) is 23.6 Å². The maximum absolute atomic E-state index is 12.6. The van der Waals surface area contributed by atoms with Gasteiger partial charge in [0, 0.05) is 23.2 Å². The van der Waals surface area contributed by atoms with Gasteiger partial charge in [-0.15, -0.1) is 11.8 Å². The van der Waals surface area contributed by atoms with Gasteiger partial charge in [-0.25, -0.2) is 0 Å². The Balaban J connectivity index is 1.67. The molecule has 3 rings (SSSR count). The predicted octanol–water partition coefficient (Wildman–Crippen LogP) is 3.33. The molecule has 2 aromatic rings. The normalized spacial score (nSPS) is 15.6. The number of benzene rings is 2. The van der Waals surface area contributed by atoms with E-state index in [9.17, 15) is 4.79 Å². The molecule has 0 fully saturated rings. The Bertz CT molecular complexity index is 818. The van der Waals surface area contributed by atoms with Gasteiger partial charge < -0.3 is 24.4 Å². The highest BCUT2D eigenvalue weighted by molar-refractivity contribution is 8.00. The van der Waals surface area contributed by atoms with E-state index in [-0.39, 0.29) is 5.91 Å². The summed E-state index contributed by atoms with van der Waals surface area (Å²) in [6, 6.07) is 11.9. The third-order valence-corrected chi connectivity index (χ3v) is 5.71. The Morgan fingerprint density at radius 1 is 1.14 bits per heavy atom. The minimum Gasteiger partial charge on any atom is -0.493 e. The van der Waals surface area contributed by atoms with Crippen LogP contribution >= 0.6 is 11.8 Å². The number of carbonyl (C=O) groups excluding carboxylic acids is 1. The monoisotopic (exact) mass is 402 g/mol. The van der Waals surface area contributed by atoms with Gasteiger partial charge >= 0.3 is 0 Å². The van der Waals surface area contributed by atoms with Crippen LogP contribution < -0.4 is 24.4 Å². The molecule has 28 heavy (non-hydrogen) atoms. The van der Waals surface area contributed by atoms with Crippen LogP contribution in [-0.2, 0) is 11.3 Å². The summed E-state index contributed by atoms with van der Waals surface area (Å²) >= 11 is 1.85. The molecule has 1 amide bonds. The van der Waals surface area contributed by atoms with Crippen LogP contribution in [0.25, 0.3) is 0 Å². The van der Waals surface area contributed by atoms with Gasteiger partial charge in [-0.3, -0.25) is 4.79 Å². The fourth-order valence-electron chi connectivity index (χ4n) is 3.30. The van der Waals surface area contributed by atoms with E-state index in [0.717, 1.165) is 17.8 Å². The molecule has 1 N–H and O–H groups in total. The van der Waals surface area contributed by atoms with Crippen molar-refractivity contribution in [1.29, 1.82) is 0 Å². The summed E-state index contributed by atoms with van der Waals surface area (Å²) in [4.78, 5) is 15.9. The first kappa shape index (κ1) is 20.2. The lowest BCUT2D eigenvalue weighted by Crippen LogP contribution is -2.41. The van der Waals surface area contributed by atoms with Crippen molar-refractivity contribution in [3.8, 4) is 17.2 Å². The van der Waals surface area contributed by atoms with Crippen LogP contribution in [0.3, 0.4) is 0 Å². The van der Waals surface area contributed by atoms with Gasteiger partial charge in [0.2, 0.25) is 11.7 Å². The van der Waals surface area contributed by atoms with Gasteiger partial charge in [0.15, 0.2) is 11.5 Å². The third-order valence-electron chi connectivity index (χ3n) is 4.56. The van der Waals surface area contributed by atoms with Gasteiger partial charge in [-0.1, -0.05) is 19.1 Å². The van der Waals surface area contributed by atoms with Gasteiger partial charge in [0.25, 0.3) is 0 Å². The number of hydrogen-bond donors (Lipinski definition) is 1. The maximum Gasteiger partial charge on any atom is 0.239 e. The first-order chi connectivity index (χ1) is 13.5. The van der Waals surface area contributed by atoms with Crippen LogP contribution in [0.2, 0.25) is 0 Å². The number of thioether (sulfide) groups is 1. The average molecular weight is 403 g/mol. The Kier molecular flexibility index (Phi) is 6.57. The van der Waals surface area contributed by atoms with Crippen molar-refractivity contribution in [2.24, 2.45) is 0 Å². The molecule has 0 saturated carbocycles. The third kappa shape index (κ3) is 4.47. The van der Waals surface area contributed by atoms with E-state index in [1.165, 1.54) is 4.90 Å². The largest absolute Gasteiger partial charge is 0.493 e. The second-order valence-corrected chi connectivity index (χ2v) is 8.07. The number of carbonyl (C=O) groups is 1. The zero-order valence-corrected chi connectivity index (χ0v) is 17.5. The van der Waals surface area contributed by atoms with Crippen molar-refractivity contribution >= 4 is 23.4 Å². The highest BCUT2D eigenvalue weighted by atomic mass is 32.2. The van der Waals surface area contributed by atoms with Gasteiger partial charge in [0.05, 0.1) is 33.6 Å². The topological polar surface area (TPSA) is 60.0 Å². The van der Waals surface area contributed by atoms with E-state index in [4.69, 9.17) is 14.2 Å². The molecule has 1 heterocycles. The molecule has 6 nitrogen and oxygen atoms in total. The SMILES string of the molecule is COc1cc(CNC(=O)CN2C[C@H](C)Sc3ccccc32)cc(OC)c1OC. The summed E-state index contributed by atoms with van der Waals surface area (Å²) < 4.78 is 16.1. The van der Waals surface area contributed by atoms with Crippen LogP contribution in [0.4, 0.5) is 5.69 Å². The standard InChI is InChI=1S/C21H26N2O4S/c1-14-12-23(16-7-5-6-8-19(16)28-14)13-20(24)22-11-15-9-17(25-2)21(27-4)18(10-15)26-3/h5-10,14H,11-13H2,1-4H3,(H,22,24)/t14-/m0/s1. The molecule has 0 bridgehead atoms. The molecule has 1 aliphatic rings. The number of fused-ring (bicyclic) bond motifs is 1. The summed E-state index contributed by atoms with van der Waals surface area (Å²) in [5.41, 5.74) is 2.00. The number of nitrogens with one attached hydrogen (secondary N) is 1. The van der Waals surface area contributed by atoms with Crippen molar-refractivity contribution < 1.29 is 19.0 Å². The van der Waals surface area contributed by atoms with Crippen molar-refractivity contribution in [3.63, 3.8) is 0 Å². The molecule has 0 saturated heterocycles. The number of anilines is 1. The molecule has 0 aliphatic carbocycles. The summed E-state index contributed by atoms with van der Waals surface area (Å²) in [6.45, 7) is 3.74. The number of amides is 1. The highest BCUT2D eigenvalue weighted by Gasteiger charge is 2.23. The minimum atomic E-state index is -0.0253.